The molecule has 1 aromatic heterocycles. The summed E-state index contributed by atoms with van der Waals surface area (Å²) in [5, 5.41) is 27.8. The minimum atomic E-state index is -1.47. The van der Waals surface area contributed by atoms with Gasteiger partial charge < -0.3 is 36.9 Å². The summed E-state index contributed by atoms with van der Waals surface area (Å²) in [7, 11) is 0. The van der Waals surface area contributed by atoms with Gasteiger partial charge in [0.15, 0.2) is 0 Å². The van der Waals surface area contributed by atoms with Crippen LogP contribution in [-0.4, -0.2) is 74.9 Å². The Morgan fingerprint density at radius 2 is 1.63 bits per heavy atom. The number of thiol groups is 1. The number of para-hydroxylation sites is 1. The van der Waals surface area contributed by atoms with Crippen molar-refractivity contribution in [1.29, 1.82) is 0 Å². The van der Waals surface area contributed by atoms with Crippen LogP contribution in [0.1, 0.15) is 26.3 Å². The van der Waals surface area contributed by atoms with Crippen LogP contribution in [0.15, 0.2) is 30.5 Å². The Morgan fingerprint density at radius 3 is 2.20 bits per heavy atom. The normalized spacial score (nSPS) is 15.6. The molecule has 0 spiro atoms. The topological polar surface area (TPSA) is 187 Å². The summed E-state index contributed by atoms with van der Waals surface area (Å²) in [5.41, 5.74) is 7.31. The van der Waals surface area contributed by atoms with Crippen LogP contribution in [0.25, 0.3) is 10.9 Å². The number of fused-ring (bicyclic) bond motifs is 1. The van der Waals surface area contributed by atoms with Crippen LogP contribution in [0.4, 0.5) is 0 Å². The molecule has 1 aromatic carbocycles. The molecule has 12 heteroatoms. The number of hydrogen-bond donors (Lipinski definition) is 8. The van der Waals surface area contributed by atoms with Crippen molar-refractivity contribution in [3.63, 3.8) is 0 Å². The molecule has 1 heterocycles. The molecule has 0 aliphatic carbocycles. The summed E-state index contributed by atoms with van der Waals surface area (Å²) in [4.78, 5) is 52.7. The number of nitrogens with two attached hydrogens (primary N) is 1. The fourth-order valence-corrected chi connectivity index (χ4v) is 3.66. The minimum absolute atomic E-state index is 0.0199. The van der Waals surface area contributed by atoms with E-state index in [2.05, 4.69) is 33.6 Å². The molecule has 0 aliphatic rings. The Labute approximate surface area is 208 Å². The van der Waals surface area contributed by atoms with Crippen LogP contribution < -0.4 is 21.7 Å². The van der Waals surface area contributed by atoms with Gasteiger partial charge in [0, 0.05) is 29.3 Å². The van der Waals surface area contributed by atoms with Crippen LogP contribution in [-0.2, 0) is 25.6 Å². The highest BCUT2D eigenvalue weighted by atomic mass is 32.1. The number of aromatic amines is 1. The van der Waals surface area contributed by atoms with Crippen molar-refractivity contribution >= 4 is 47.2 Å². The number of aliphatic hydroxyl groups excluding tert-OH is 1. The van der Waals surface area contributed by atoms with E-state index in [1.165, 1.54) is 6.92 Å². The number of benzene rings is 1. The Morgan fingerprint density at radius 1 is 1.00 bits per heavy atom. The zero-order valence-corrected chi connectivity index (χ0v) is 20.7. The van der Waals surface area contributed by atoms with Gasteiger partial charge in [-0.2, -0.15) is 12.6 Å². The second-order valence-electron chi connectivity index (χ2n) is 8.70. The van der Waals surface area contributed by atoms with Crippen molar-refractivity contribution in [2.75, 3.05) is 5.75 Å². The van der Waals surface area contributed by atoms with Crippen LogP contribution >= 0.6 is 12.6 Å². The Hall–Kier alpha value is -3.09. The first kappa shape index (κ1) is 28.1. The molecule has 5 atom stereocenters. The van der Waals surface area contributed by atoms with E-state index >= 15 is 0 Å². The molecule has 2 aromatic rings. The van der Waals surface area contributed by atoms with Crippen LogP contribution in [0.5, 0.6) is 0 Å². The van der Waals surface area contributed by atoms with Gasteiger partial charge in [0.05, 0.1) is 12.1 Å². The lowest BCUT2D eigenvalue weighted by Crippen LogP contribution is -2.60. The van der Waals surface area contributed by atoms with Gasteiger partial charge >= 0.3 is 5.97 Å². The molecule has 0 bridgehead atoms. The molecule has 3 amide bonds. The third kappa shape index (κ3) is 7.44. The van der Waals surface area contributed by atoms with E-state index in [1.807, 2.05) is 24.3 Å². The fraction of sp³-hybridized carbons (Fsp3) is 0.478. The van der Waals surface area contributed by atoms with Gasteiger partial charge in [-0.15, -0.1) is 0 Å². The molecule has 192 valence electrons. The van der Waals surface area contributed by atoms with Crippen molar-refractivity contribution in [3.8, 4) is 0 Å². The van der Waals surface area contributed by atoms with E-state index in [0.29, 0.717) is 5.56 Å². The number of carboxylic acid groups (broad SMARTS) is 1. The molecule has 0 saturated heterocycles. The van der Waals surface area contributed by atoms with E-state index < -0.39 is 54.0 Å². The molecule has 35 heavy (non-hydrogen) atoms. The SMILES string of the molecule is CC(C)C(N)C(=O)NC(CS)C(=O)NC(C(=O)NC(Cc1c[nH]c2ccccc12)C(=O)O)C(C)O. The highest BCUT2D eigenvalue weighted by Gasteiger charge is 2.33. The van der Waals surface area contributed by atoms with Crippen molar-refractivity contribution in [2.45, 2.75) is 57.5 Å². The minimum Gasteiger partial charge on any atom is -0.480 e. The number of nitrogens with one attached hydrogen (secondary N) is 4. The van der Waals surface area contributed by atoms with Crippen molar-refractivity contribution in [2.24, 2.45) is 11.7 Å². The average Bonchev–Trinajstić information content (AvgIpc) is 3.21. The number of H-pyrrole nitrogens is 1. The van der Waals surface area contributed by atoms with E-state index in [4.69, 9.17) is 5.73 Å². The molecular formula is C23H33N5O6S. The molecule has 5 unspecified atom stereocenters. The predicted octanol–water partition coefficient (Wildman–Crippen LogP) is -0.457. The van der Waals surface area contributed by atoms with Crippen LogP contribution in [0.2, 0.25) is 0 Å². The molecule has 0 saturated carbocycles. The number of aliphatic carboxylic acids is 1. The maximum atomic E-state index is 12.9. The van der Waals surface area contributed by atoms with E-state index in [0.717, 1.165) is 10.9 Å². The third-order valence-electron chi connectivity index (χ3n) is 5.61. The molecule has 8 N–H and O–H groups in total. The zero-order valence-electron chi connectivity index (χ0n) is 19.8. The lowest BCUT2D eigenvalue weighted by Gasteiger charge is -2.26. The average molecular weight is 508 g/mol. The summed E-state index contributed by atoms with van der Waals surface area (Å²) < 4.78 is 0. The summed E-state index contributed by atoms with van der Waals surface area (Å²) in [5.74, 6) is -3.74. The fourth-order valence-electron chi connectivity index (χ4n) is 3.41. The largest absolute Gasteiger partial charge is 0.480 e. The number of rotatable bonds is 12. The molecular weight excluding hydrogens is 474 g/mol. The summed E-state index contributed by atoms with van der Waals surface area (Å²) in [6.07, 6.45) is 0.298. The molecule has 11 nitrogen and oxygen atoms in total. The second kappa shape index (κ2) is 12.6. The lowest BCUT2D eigenvalue weighted by atomic mass is 10.0. The van der Waals surface area contributed by atoms with Gasteiger partial charge in [-0.3, -0.25) is 14.4 Å². The van der Waals surface area contributed by atoms with E-state index in [1.54, 1.807) is 20.0 Å². The van der Waals surface area contributed by atoms with Gasteiger partial charge in [0.2, 0.25) is 17.7 Å². The first-order chi connectivity index (χ1) is 16.5. The lowest BCUT2D eigenvalue weighted by molar-refractivity contribution is -0.143. The van der Waals surface area contributed by atoms with Crippen molar-refractivity contribution < 1.29 is 29.4 Å². The first-order valence-corrected chi connectivity index (χ1v) is 11.8. The summed E-state index contributed by atoms with van der Waals surface area (Å²) >= 11 is 4.08. The maximum absolute atomic E-state index is 12.9. The number of carbonyl (C=O) groups excluding carboxylic acids is 3. The van der Waals surface area contributed by atoms with Crippen molar-refractivity contribution in [1.82, 2.24) is 20.9 Å². The van der Waals surface area contributed by atoms with Crippen LogP contribution in [0.3, 0.4) is 0 Å². The number of aliphatic hydroxyl groups is 1. The summed E-state index contributed by atoms with van der Waals surface area (Å²) in [6, 6.07) is 2.58. The van der Waals surface area contributed by atoms with Crippen LogP contribution in [0, 0.1) is 5.92 Å². The number of aromatic nitrogens is 1. The molecule has 0 aliphatic heterocycles. The Kier molecular flexibility index (Phi) is 10.1. The number of carbonyl (C=O) groups is 4. The maximum Gasteiger partial charge on any atom is 0.326 e. The second-order valence-corrected chi connectivity index (χ2v) is 9.07. The van der Waals surface area contributed by atoms with E-state index in [9.17, 15) is 29.4 Å². The number of carboxylic acids is 1. The third-order valence-corrected chi connectivity index (χ3v) is 5.98. The molecule has 0 fully saturated rings. The van der Waals surface area contributed by atoms with Gasteiger partial charge in [-0.05, 0) is 24.5 Å². The smallest absolute Gasteiger partial charge is 0.326 e. The highest BCUT2D eigenvalue weighted by Crippen LogP contribution is 2.19. The molecule has 2 rings (SSSR count). The molecule has 0 radical (unpaired) electrons. The number of amides is 3. The predicted molar refractivity (Wildman–Crippen MR) is 134 cm³/mol. The highest BCUT2D eigenvalue weighted by molar-refractivity contribution is 7.80. The Bertz CT molecular complexity index is 1060. The van der Waals surface area contributed by atoms with E-state index in [-0.39, 0.29) is 18.1 Å². The van der Waals surface area contributed by atoms with Gasteiger partial charge in [-0.1, -0.05) is 32.0 Å². The van der Waals surface area contributed by atoms with Gasteiger partial charge in [-0.25, -0.2) is 4.79 Å². The summed E-state index contributed by atoms with van der Waals surface area (Å²) in [6.45, 7) is 4.79. The van der Waals surface area contributed by atoms with Gasteiger partial charge in [0.1, 0.15) is 18.1 Å². The monoisotopic (exact) mass is 507 g/mol. The first-order valence-electron chi connectivity index (χ1n) is 11.2. The van der Waals surface area contributed by atoms with Crippen molar-refractivity contribution in [3.05, 3.63) is 36.0 Å². The zero-order chi connectivity index (χ0) is 26.3. The number of hydrogen-bond acceptors (Lipinski definition) is 7. The quantitative estimate of drug-likeness (QED) is 0.179. The standard InChI is InChI=1S/C23H33N5O6S/c1-11(2)18(24)21(31)27-17(10-35)20(30)28-19(12(3)29)22(32)26-16(23(33)34)8-13-9-25-15-7-5-4-6-14(13)15/h4-7,9,11-12,16-19,25,29,35H,8,10,24H2,1-3H3,(H,26,32)(H,27,31)(H,28,30)(H,33,34). The van der Waals surface area contributed by atoms with Gasteiger partial charge in [0.25, 0.3) is 0 Å². The Balaban J connectivity index is 2.11.